The first-order valence-corrected chi connectivity index (χ1v) is 16.4. The van der Waals surface area contributed by atoms with Gasteiger partial charge < -0.3 is 28.4 Å². The summed E-state index contributed by atoms with van der Waals surface area (Å²) in [7, 11) is 4.91. The lowest BCUT2D eigenvalue weighted by atomic mass is 10.1. The summed E-state index contributed by atoms with van der Waals surface area (Å²) in [6.45, 7) is -6.27. The van der Waals surface area contributed by atoms with Gasteiger partial charge in [0.25, 0.3) is 0 Å². The van der Waals surface area contributed by atoms with Crippen LogP contribution in [0.25, 0.3) is 33.8 Å². The maximum Gasteiger partial charge on any atom is 0.387 e. The van der Waals surface area contributed by atoms with E-state index in [0.717, 1.165) is 64.7 Å². The molecule has 3 N–H and O–H groups in total. The van der Waals surface area contributed by atoms with E-state index < -0.39 is 24.7 Å². The third-order valence-electron chi connectivity index (χ3n) is 7.95. The van der Waals surface area contributed by atoms with Crippen molar-refractivity contribution in [3.63, 3.8) is 0 Å². The Labute approximate surface area is 302 Å². The fourth-order valence-electron chi connectivity index (χ4n) is 5.43. The first-order chi connectivity index (χ1) is 25.8. The molecule has 0 amide bonds. The van der Waals surface area contributed by atoms with Crippen molar-refractivity contribution in [2.24, 2.45) is 0 Å². The number of methoxy groups -OCH3 is 3. The van der Waals surface area contributed by atoms with Crippen LogP contribution in [0.2, 0.25) is 0 Å². The van der Waals surface area contributed by atoms with Crippen molar-refractivity contribution in [2.45, 2.75) is 45.0 Å². The van der Waals surface area contributed by atoms with E-state index in [1.54, 1.807) is 39.8 Å². The predicted molar refractivity (Wildman–Crippen MR) is 188 cm³/mol. The standard InChI is InChI=1S/C15H18N2O2.C11H8F4N2O2.C11H12N2O2/c1-18-14-7-6-11(13-8-9-16-17-13)10-15(14)19-12-4-2-3-5-12;12-10(13)18-8-2-1-6(7-3-4-16-17-7)5-9(8)19-11(14)15;1-14-10-4-3-8(7-11(10)15-2)9-5-6-12-13-9/h6-10,12H,2-5H2,1H3,(H,16,17);1-5,10-11H,(H,16,17);3-7H,1-2H3,(H,12,13). The Morgan fingerprint density at radius 2 is 0.906 bits per heavy atom. The van der Waals surface area contributed by atoms with E-state index in [1.165, 1.54) is 25.1 Å². The van der Waals surface area contributed by atoms with Gasteiger partial charge in [0.1, 0.15) is 0 Å². The van der Waals surface area contributed by atoms with Gasteiger partial charge in [-0.05, 0) is 98.5 Å². The fraction of sp³-hybridized carbons (Fsp3) is 0.270. The van der Waals surface area contributed by atoms with Gasteiger partial charge in [0.2, 0.25) is 0 Å². The van der Waals surface area contributed by atoms with E-state index >= 15 is 0 Å². The van der Waals surface area contributed by atoms with Crippen LogP contribution < -0.4 is 28.4 Å². The number of ether oxygens (including phenoxy) is 6. The lowest BCUT2D eigenvalue weighted by Gasteiger charge is -2.16. The molecule has 0 saturated heterocycles. The second-order valence-electron chi connectivity index (χ2n) is 11.3. The van der Waals surface area contributed by atoms with Gasteiger partial charge in [-0.15, -0.1) is 0 Å². The minimum Gasteiger partial charge on any atom is -0.493 e. The highest BCUT2D eigenvalue weighted by molar-refractivity contribution is 5.65. The zero-order chi connectivity index (χ0) is 37.6. The Morgan fingerprint density at radius 1 is 0.509 bits per heavy atom. The Kier molecular flexibility index (Phi) is 13.6. The van der Waals surface area contributed by atoms with Crippen molar-refractivity contribution >= 4 is 0 Å². The molecule has 6 aromatic rings. The third-order valence-corrected chi connectivity index (χ3v) is 7.95. The molecule has 0 aliphatic heterocycles. The highest BCUT2D eigenvalue weighted by atomic mass is 19.3. The van der Waals surface area contributed by atoms with Gasteiger partial charge in [-0.1, -0.05) is 0 Å². The molecule has 53 heavy (non-hydrogen) atoms. The van der Waals surface area contributed by atoms with Crippen molar-refractivity contribution in [3.8, 4) is 68.3 Å². The number of aromatic nitrogens is 6. The monoisotopic (exact) mass is 738 g/mol. The molecule has 7 rings (SSSR count). The van der Waals surface area contributed by atoms with Crippen molar-refractivity contribution in [1.82, 2.24) is 30.6 Å². The molecule has 280 valence electrons. The lowest BCUT2D eigenvalue weighted by molar-refractivity contribution is -0.0692. The summed E-state index contributed by atoms with van der Waals surface area (Å²) in [6, 6.07) is 20.9. The van der Waals surface area contributed by atoms with E-state index in [0.29, 0.717) is 23.1 Å². The van der Waals surface area contributed by atoms with Crippen LogP contribution in [-0.2, 0) is 0 Å². The molecule has 0 unspecified atom stereocenters. The summed E-state index contributed by atoms with van der Waals surface area (Å²) in [5.74, 6) is 2.11. The minimum atomic E-state index is -3.14. The number of hydrogen-bond donors (Lipinski definition) is 3. The number of alkyl halides is 4. The van der Waals surface area contributed by atoms with Crippen molar-refractivity contribution in [2.75, 3.05) is 21.3 Å². The second kappa shape index (κ2) is 18.9. The highest BCUT2D eigenvalue weighted by Gasteiger charge is 2.19. The van der Waals surface area contributed by atoms with Crippen LogP contribution in [0.15, 0.2) is 91.4 Å². The molecule has 0 bridgehead atoms. The molecule has 12 nitrogen and oxygen atoms in total. The SMILES string of the molecule is COc1ccc(-c2ccn[nH]2)cc1OC.COc1ccc(-c2ccn[nH]2)cc1OC1CCCC1.FC(F)Oc1ccc(-c2ccn[nH]2)cc1OC(F)F. The molecular weight excluding hydrogens is 700 g/mol. The number of rotatable bonds is 12. The van der Waals surface area contributed by atoms with E-state index in [2.05, 4.69) is 40.1 Å². The summed E-state index contributed by atoms with van der Waals surface area (Å²) < 4.78 is 78.8. The topological polar surface area (TPSA) is 141 Å². The number of aromatic amines is 3. The molecule has 0 spiro atoms. The molecular formula is C37H38F4N6O6. The smallest absolute Gasteiger partial charge is 0.387 e. The van der Waals surface area contributed by atoms with Gasteiger partial charge in [0.05, 0.1) is 44.5 Å². The first-order valence-electron chi connectivity index (χ1n) is 16.4. The Balaban J connectivity index is 0.000000155. The molecule has 1 aliphatic rings. The summed E-state index contributed by atoms with van der Waals surface area (Å²) in [5, 5.41) is 20.0. The Morgan fingerprint density at radius 3 is 1.32 bits per heavy atom. The van der Waals surface area contributed by atoms with Crippen LogP contribution in [0.1, 0.15) is 25.7 Å². The summed E-state index contributed by atoms with van der Waals surface area (Å²) in [5.41, 5.74) is 5.00. The van der Waals surface area contributed by atoms with Crippen molar-refractivity contribution in [1.29, 1.82) is 0 Å². The normalized spacial score (nSPS) is 12.4. The molecule has 3 aromatic carbocycles. The zero-order valence-corrected chi connectivity index (χ0v) is 29.0. The predicted octanol–water partition coefficient (Wildman–Crippen LogP) is 8.78. The average Bonchev–Trinajstić information content (AvgIpc) is 4.01. The largest absolute Gasteiger partial charge is 0.493 e. The maximum absolute atomic E-state index is 12.2. The number of H-pyrrole nitrogens is 3. The number of hydrogen-bond acceptors (Lipinski definition) is 9. The van der Waals surface area contributed by atoms with Gasteiger partial charge in [0.15, 0.2) is 34.5 Å². The van der Waals surface area contributed by atoms with Crippen LogP contribution in [0.5, 0.6) is 34.5 Å². The maximum atomic E-state index is 12.2. The number of halogens is 4. The molecule has 0 radical (unpaired) electrons. The van der Waals surface area contributed by atoms with Crippen molar-refractivity contribution in [3.05, 3.63) is 91.4 Å². The third kappa shape index (κ3) is 10.7. The van der Waals surface area contributed by atoms with Crippen LogP contribution >= 0.6 is 0 Å². The Bertz CT molecular complexity index is 1950. The van der Waals surface area contributed by atoms with Gasteiger partial charge in [0, 0.05) is 35.3 Å². The van der Waals surface area contributed by atoms with Gasteiger partial charge in [-0.25, -0.2) is 0 Å². The van der Waals surface area contributed by atoms with Gasteiger partial charge >= 0.3 is 13.2 Å². The zero-order valence-electron chi connectivity index (χ0n) is 29.0. The average molecular weight is 739 g/mol. The van der Waals surface area contributed by atoms with Gasteiger partial charge in [-0.2, -0.15) is 32.9 Å². The Hall–Kier alpha value is -6.19. The van der Waals surface area contributed by atoms with Gasteiger partial charge in [-0.3, -0.25) is 15.3 Å². The van der Waals surface area contributed by atoms with Crippen LogP contribution in [0.3, 0.4) is 0 Å². The summed E-state index contributed by atoms with van der Waals surface area (Å²) in [4.78, 5) is 0. The second-order valence-corrected chi connectivity index (χ2v) is 11.3. The molecule has 0 atom stereocenters. The molecule has 3 heterocycles. The van der Waals surface area contributed by atoms with Crippen LogP contribution in [0, 0.1) is 0 Å². The minimum absolute atomic E-state index is 0.325. The lowest BCUT2D eigenvalue weighted by Crippen LogP contribution is -2.11. The van der Waals surface area contributed by atoms with E-state index in [9.17, 15) is 17.6 Å². The summed E-state index contributed by atoms with van der Waals surface area (Å²) in [6.07, 6.45) is 10.0. The fourth-order valence-corrected chi connectivity index (χ4v) is 5.43. The number of benzene rings is 3. The van der Waals surface area contributed by atoms with E-state index in [4.69, 9.17) is 18.9 Å². The van der Waals surface area contributed by atoms with Crippen molar-refractivity contribution < 1.29 is 46.0 Å². The van der Waals surface area contributed by atoms with E-state index in [-0.39, 0.29) is 0 Å². The molecule has 16 heteroatoms. The van der Waals surface area contributed by atoms with Crippen LogP contribution in [0.4, 0.5) is 17.6 Å². The first kappa shape index (κ1) is 38.1. The molecule has 1 saturated carbocycles. The number of nitrogens with zero attached hydrogens (tertiary/aromatic N) is 3. The van der Waals surface area contributed by atoms with E-state index in [1.807, 2.05) is 48.5 Å². The number of nitrogens with one attached hydrogen (secondary N) is 3. The molecule has 3 aromatic heterocycles. The summed E-state index contributed by atoms with van der Waals surface area (Å²) >= 11 is 0. The molecule has 1 fully saturated rings. The molecule has 1 aliphatic carbocycles. The quantitative estimate of drug-likeness (QED) is 0.105. The highest BCUT2D eigenvalue weighted by Crippen LogP contribution is 2.36. The van der Waals surface area contributed by atoms with Crippen LogP contribution in [-0.4, -0.2) is 71.2 Å².